The molecular weight excluding hydrogens is 466 g/mol. The number of fused-ring (bicyclic) bond motifs is 1. The van der Waals surface area contributed by atoms with E-state index in [-0.39, 0.29) is 5.91 Å². The van der Waals surface area contributed by atoms with Crippen molar-refractivity contribution in [3.63, 3.8) is 0 Å². The van der Waals surface area contributed by atoms with E-state index >= 15 is 0 Å². The number of para-hydroxylation sites is 1. The standard InChI is InChI=1S/C26H23N3O3S2/c1-16-13-24(29-25-19(16)5-4-6-22(25)32-3)33-12-11-23(30)28-26-20(14-27)21(15-34-26)17-7-9-18(31-2)10-8-17/h4-10,13,15H,11-12H2,1-3H3,(H,28,30). The fraction of sp³-hybridized carbons (Fsp3) is 0.192. The van der Waals surface area contributed by atoms with Gasteiger partial charge < -0.3 is 14.8 Å². The minimum absolute atomic E-state index is 0.137. The van der Waals surface area contributed by atoms with Crippen LogP contribution in [0.4, 0.5) is 5.00 Å². The second kappa shape index (κ2) is 10.6. The quantitative estimate of drug-likeness (QED) is 0.293. The van der Waals surface area contributed by atoms with Crippen LogP contribution >= 0.6 is 23.1 Å². The van der Waals surface area contributed by atoms with Gasteiger partial charge in [-0.15, -0.1) is 23.1 Å². The Kier molecular flexibility index (Phi) is 7.36. The number of hydrogen-bond acceptors (Lipinski definition) is 7. The van der Waals surface area contributed by atoms with Gasteiger partial charge in [-0.3, -0.25) is 4.79 Å². The molecule has 1 N–H and O–H groups in total. The summed E-state index contributed by atoms with van der Waals surface area (Å²) in [6.45, 7) is 2.04. The van der Waals surface area contributed by atoms with Crippen LogP contribution in [0.5, 0.6) is 11.5 Å². The highest BCUT2D eigenvalue weighted by Crippen LogP contribution is 2.36. The SMILES string of the molecule is COc1ccc(-c2csc(NC(=O)CCSc3cc(C)c4cccc(OC)c4n3)c2C#N)cc1. The van der Waals surface area contributed by atoms with Crippen LogP contribution in [0.25, 0.3) is 22.0 Å². The summed E-state index contributed by atoms with van der Waals surface area (Å²) < 4.78 is 10.6. The number of benzene rings is 2. The Morgan fingerprint density at radius 2 is 1.97 bits per heavy atom. The number of aromatic nitrogens is 1. The third-order valence-corrected chi connectivity index (χ3v) is 7.15. The number of nitrogens with zero attached hydrogens (tertiary/aromatic N) is 2. The molecule has 1 amide bonds. The first-order valence-corrected chi connectivity index (χ1v) is 12.4. The van der Waals surface area contributed by atoms with Crippen molar-refractivity contribution in [2.75, 3.05) is 25.3 Å². The number of nitriles is 1. The number of thioether (sulfide) groups is 1. The van der Waals surface area contributed by atoms with Crippen LogP contribution < -0.4 is 14.8 Å². The number of hydrogen-bond donors (Lipinski definition) is 1. The van der Waals surface area contributed by atoms with Crippen LogP contribution in [0.1, 0.15) is 17.5 Å². The summed E-state index contributed by atoms with van der Waals surface area (Å²) in [5, 5.41) is 16.9. The summed E-state index contributed by atoms with van der Waals surface area (Å²) in [5.41, 5.74) is 4.09. The van der Waals surface area contributed by atoms with E-state index in [1.165, 1.54) is 23.1 Å². The molecule has 6 nitrogen and oxygen atoms in total. The van der Waals surface area contributed by atoms with Gasteiger partial charge in [-0.05, 0) is 42.3 Å². The summed E-state index contributed by atoms with van der Waals surface area (Å²) >= 11 is 2.87. The molecule has 0 aliphatic rings. The van der Waals surface area contributed by atoms with Crippen molar-refractivity contribution in [2.24, 2.45) is 0 Å². The lowest BCUT2D eigenvalue weighted by atomic mass is 10.0. The zero-order valence-corrected chi connectivity index (χ0v) is 20.7. The first kappa shape index (κ1) is 23.6. The Labute approximate surface area is 206 Å². The lowest BCUT2D eigenvalue weighted by molar-refractivity contribution is -0.115. The predicted molar refractivity (Wildman–Crippen MR) is 138 cm³/mol. The Balaban J connectivity index is 1.41. The Morgan fingerprint density at radius 1 is 1.18 bits per heavy atom. The van der Waals surface area contributed by atoms with Gasteiger partial charge >= 0.3 is 0 Å². The maximum atomic E-state index is 12.6. The van der Waals surface area contributed by atoms with E-state index in [4.69, 9.17) is 14.5 Å². The Morgan fingerprint density at radius 3 is 2.68 bits per heavy atom. The molecule has 0 bridgehead atoms. The van der Waals surface area contributed by atoms with Crippen molar-refractivity contribution in [3.8, 4) is 28.7 Å². The van der Waals surface area contributed by atoms with Crippen molar-refractivity contribution in [1.82, 2.24) is 4.98 Å². The molecule has 0 radical (unpaired) electrons. The minimum Gasteiger partial charge on any atom is -0.497 e. The van der Waals surface area contributed by atoms with Crippen molar-refractivity contribution in [2.45, 2.75) is 18.4 Å². The molecule has 2 heterocycles. The molecular formula is C26H23N3O3S2. The number of rotatable bonds is 8. The molecule has 2 aromatic carbocycles. The third kappa shape index (κ3) is 5.01. The summed E-state index contributed by atoms with van der Waals surface area (Å²) in [5.74, 6) is 1.91. The first-order valence-electron chi connectivity index (χ1n) is 10.6. The van der Waals surface area contributed by atoms with E-state index in [0.717, 1.165) is 44.1 Å². The van der Waals surface area contributed by atoms with Crippen molar-refractivity contribution < 1.29 is 14.3 Å². The molecule has 4 aromatic rings. The average molecular weight is 490 g/mol. The van der Waals surface area contributed by atoms with Crippen LogP contribution in [-0.2, 0) is 4.79 Å². The van der Waals surface area contributed by atoms with Crippen molar-refractivity contribution >= 4 is 44.9 Å². The van der Waals surface area contributed by atoms with Gasteiger partial charge in [0.05, 0.1) is 24.8 Å². The van der Waals surface area contributed by atoms with Crippen LogP contribution in [-0.4, -0.2) is 30.9 Å². The van der Waals surface area contributed by atoms with Crippen LogP contribution in [0.3, 0.4) is 0 Å². The number of carbonyl (C=O) groups is 1. The second-order valence-corrected chi connectivity index (χ2v) is 9.47. The summed E-state index contributed by atoms with van der Waals surface area (Å²) in [4.78, 5) is 17.3. The number of ether oxygens (including phenoxy) is 2. The molecule has 2 aromatic heterocycles. The Bertz CT molecular complexity index is 1370. The van der Waals surface area contributed by atoms with Gasteiger partial charge in [0.15, 0.2) is 0 Å². The molecule has 0 aliphatic carbocycles. The van der Waals surface area contributed by atoms with Crippen molar-refractivity contribution in [1.29, 1.82) is 5.26 Å². The van der Waals surface area contributed by atoms with E-state index in [9.17, 15) is 10.1 Å². The van der Waals surface area contributed by atoms with Gasteiger partial charge in [0.2, 0.25) is 5.91 Å². The zero-order chi connectivity index (χ0) is 24.1. The lowest BCUT2D eigenvalue weighted by Gasteiger charge is -2.09. The molecule has 8 heteroatoms. The highest BCUT2D eigenvalue weighted by Gasteiger charge is 2.16. The average Bonchev–Trinajstić information content (AvgIpc) is 3.26. The molecule has 0 atom stereocenters. The fourth-order valence-electron chi connectivity index (χ4n) is 3.58. The molecule has 172 valence electrons. The molecule has 34 heavy (non-hydrogen) atoms. The number of anilines is 1. The summed E-state index contributed by atoms with van der Waals surface area (Å²) in [6.07, 6.45) is 0.302. The number of nitrogens with one attached hydrogen (secondary N) is 1. The number of aryl methyl sites for hydroxylation is 1. The van der Waals surface area contributed by atoms with E-state index in [0.29, 0.717) is 22.7 Å². The van der Waals surface area contributed by atoms with Crippen LogP contribution in [0.2, 0.25) is 0 Å². The fourth-order valence-corrected chi connectivity index (χ4v) is 5.43. The number of thiophene rings is 1. The molecule has 0 spiro atoms. The van der Waals surface area contributed by atoms with Crippen LogP contribution in [0.15, 0.2) is 58.9 Å². The highest BCUT2D eigenvalue weighted by molar-refractivity contribution is 7.99. The predicted octanol–water partition coefficient (Wildman–Crippen LogP) is 6.28. The minimum atomic E-state index is -0.137. The number of pyridine rings is 1. The maximum absolute atomic E-state index is 12.6. The third-order valence-electron chi connectivity index (χ3n) is 5.34. The van der Waals surface area contributed by atoms with E-state index < -0.39 is 0 Å². The van der Waals surface area contributed by atoms with Gasteiger partial charge in [-0.25, -0.2) is 4.98 Å². The van der Waals surface area contributed by atoms with Gasteiger partial charge in [0, 0.05) is 28.5 Å². The number of carbonyl (C=O) groups excluding carboxylic acids is 1. The molecule has 0 saturated heterocycles. The van der Waals surface area contributed by atoms with E-state index in [2.05, 4.69) is 11.4 Å². The number of methoxy groups -OCH3 is 2. The molecule has 0 fully saturated rings. The van der Waals surface area contributed by atoms with Gasteiger partial charge in [-0.2, -0.15) is 5.26 Å². The monoisotopic (exact) mass is 489 g/mol. The van der Waals surface area contributed by atoms with E-state index in [1.807, 2.05) is 60.8 Å². The molecule has 0 unspecified atom stereocenters. The highest BCUT2D eigenvalue weighted by atomic mass is 32.2. The maximum Gasteiger partial charge on any atom is 0.225 e. The van der Waals surface area contributed by atoms with Gasteiger partial charge in [-0.1, -0.05) is 24.3 Å². The largest absolute Gasteiger partial charge is 0.497 e. The van der Waals surface area contributed by atoms with Crippen molar-refractivity contribution in [3.05, 3.63) is 65.0 Å². The van der Waals surface area contributed by atoms with Crippen LogP contribution in [0, 0.1) is 18.3 Å². The zero-order valence-electron chi connectivity index (χ0n) is 19.0. The topological polar surface area (TPSA) is 84.2 Å². The first-order chi connectivity index (χ1) is 16.5. The second-order valence-electron chi connectivity index (χ2n) is 7.47. The number of amides is 1. The Hall–Kier alpha value is -3.54. The molecule has 0 aliphatic heterocycles. The lowest BCUT2D eigenvalue weighted by Crippen LogP contribution is -2.12. The smallest absolute Gasteiger partial charge is 0.225 e. The van der Waals surface area contributed by atoms with Gasteiger partial charge in [0.25, 0.3) is 0 Å². The summed E-state index contributed by atoms with van der Waals surface area (Å²) in [6, 6.07) is 17.6. The van der Waals surface area contributed by atoms with Gasteiger partial charge in [0.1, 0.15) is 28.1 Å². The normalized spacial score (nSPS) is 10.6. The summed E-state index contributed by atoms with van der Waals surface area (Å²) in [7, 11) is 3.25. The molecule has 0 saturated carbocycles. The van der Waals surface area contributed by atoms with E-state index in [1.54, 1.807) is 14.2 Å². The molecule has 4 rings (SSSR count).